The molecule has 1 aromatic heterocycles. The molecule has 1 rings (SSSR count). The first kappa shape index (κ1) is 11.6. The highest BCUT2D eigenvalue weighted by atomic mass is 16.6. The van der Waals surface area contributed by atoms with Crippen LogP contribution < -0.4 is 11.2 Å². The molecule has 0 saturated carbocycles. The molecule has 0 aromatic carbocycles. The fraction of sp³-hybridized carbons (Fsp3) is 0.286. The van der Waals surface area contributed by atoms with E-state index in [1.54, 1.807) is 4.98 Å². The molecule has 0 amide bonds. The molecule has 0 radical (unpaired) electrons. The van der Waals surface area contributed by atoms with E-state index in [1.165, 1.54) is 6.92 Å². The number of H-pyrrole nitrogens is 2. The Kier molecular flexibility index (Phi) is 3.18. The number of nitro groups is 1. The van der Waals surface area contributed by atoms with Crippen molar-refractivity contribution in [3.8, 4) is 0 Å². The van der Waals surface area contributed by atoms with E-state index >= 15 is 0 Å². The van der Waals surface area contributed by atoms with Crippen molar-refractivity contribution in [2.24, 2.45) is 0 Å². The van der Waals surface area contributed by atoms with Gasteiger partial charge in [0.1, 0.15) is 0 Å². The third-order valence-electron chi connectivity index (χ3n) is 1.58. The van der Waals surface area contributed by atoms with Gasteiger partial charge in [-0.1, -0.05) is 0 Å². The summed E-state index contributed by atoms with van der Waals surface area (Å²) in [4.78, 5) is 46.1. The maximum absolute atomic E-state index is 11.2. The van der Waals surface area contributed by atoms with Gasteiger partial charge in [0.15, 0.2) is 0 Å². The minimum Gasteiger partial charge on any atom is -0.461 e. The number of nitrogens with zero attached hydrogens (tertiary/aromatic N) is 1. The summed E-state index contributed by atoms with van der Waals surface area (Å²) in [6, 6.07) is 0. The molecular weight excluding hydrogens is 222 g/mol. The van der Waals surface area contributed by atoms with E-state index in [4.69, 9.17) is 0 Å². The normalized spacial score (nSPS) is 9.81. The molecule has 2 N–H and O–H groups in total. The lowest BCUT2D eigenvalue weighted by Crippen LogP contribution is -2.29. The number of aromatic amines is 2. The SMILES string of the molecule is CCOC(=O)c1[nH]c(=O)[nH]c(=O)c1[N+](=O)[O-]. The standard InChI is InChI=1S/C7H7N3O6/c1-2-16-6(12)3-4(10(14)15)5(11)9-7(13)8-3/h2H2,1H3,(H2,8,9,11,13). The van der Waals surface area contributed by atoms with Gasteiger partial charge in [0, 0.05) is 0 Å². The van der Waals surface area contributed by atoms with Crippen molar-refractivity contribution in [3.05, 3.63) is 36.6 Å². The summed E-state index contributed by atoms with van der Waals surface area (Å²) in [6.07, 6.45) is 0. The summed E-state index contributed by atoms with van der Waals surface area (Å²) in [5, 5.41) is 10.5. The summed E-state index contributed by atoms with van der Waals surface area (Å²) in [6.45, 7) is 1.44. The van der Waals surface area contributed by atoms with E-state index in [2.05, 4.69) is 4.74 Å². The van der Waals surface area contributed by atoms with Crippen LogP contribution in [0, 0.1) is 10.1 Å². The summed E-state index contributed by atoms with van der Waals surface area (Å²) < 4.78 is 4.46. The van der Waals surface area contributed by atoms with Crippen molar-refractivity contribution in [3.63, 3.8) is 0 Å². The van der Waals surface area contributed by atoms with Gasteiger partial charge >= 0.3 is 22.9 Å². The fourth-order valence-corrected chi connectivity index (χ4v) is 1.00. The van der Waals surface area contributed by atoms with Gasteiger partial charge in [0.2, 0.25) is 5.69 Å². The van der Waals surface area contributed by atoms with E-state index in [-0.39, 0.29) is 6.61 Å². The van der Waals surface area contributed by atoms with Crippen molar-refractivity contribution >= 4 is 11.7 Å². The number of nitrogens with one attached hydrogen (secondary N) is 2. The first-order valence-electron chi connectivity index (χ1n) is 4.15. The second-order valence-corrected chi connectivity index (χ2v) is 2.61. The van der Waals surface area contributed by atoms with Crippen LogP contribution in [0.2, 0.25) is 0 Å². The van der Waals surface area contributed by atoms with E-state index < -0.39 is 33.5 Å². The molecule has 0 atom stereocenters. The lowest BCUT2D eigenvalue weighted by atomic mass is 10.3. The largest absolute Gasteiger partial charge is 0.461 e. The molecule has 0 spiro atoms. The fourth-order valence-electron chi connectivity index (χ4n) is 1.00. The van der Waals surface area contributed by atoms with Gasteiger partial charge in [-0.15, -0.1) is 0 Å². The van der Waals surface area contributed by atoms with Crippen molar-refractivity contribution in [2.45, 2.75) is 6.92 Å². The molecule has 9 nitrogen and oxygen atoms in total. The maximum Gasteiger partial charge on any atom is 0.364 e. The van der Waals surface area contributed by atoms with Crippen LogP contribution in [0.1, 0.15) is 17.4 Å². The third kappa shape index (κ3) is 2.13. The number of carbonyl (C=O) groups is 1. The van der Waals surface area contributed by atoms with Crippen molar-refractivity contribution in [2.75, 3.05) is 6.61 Å². The second-order valence-electron chi connectivity index (χ2n) is 2.61. The van der Waals surface area contributed by atoms with Crippen LogP contribution in [0.25, 0.3) is 0 Å². The van der Waals surface area contributed by atoms with Gasteiger partial charge in [0.25, 0.3) is 0 Å². The summed E-state index contributed by atoms with van der Waals surface area (Å²) in [5.41, 5.74) is -4.07. The number of hydrogen-bond acceptors (Lipinski definition) is 6. The zero-order valence-electron chi connectivity index (χ0n) is 8.10. The predicted molar refractivity (Wildman–Crippen MR) is 50.3 cm³/mol. The van der Waals surface area contributed by atoms with E-state index in [1.807, 2.05) is 4.98 Å². The molecule has 1 aromatic rings. The number of esters is 1. The molecule has 0 aliphatic carbocycles. The average molecular weight is 229 g/mol. The Morgan fingerprint density at radius 1 is 1.44 bits per heavy atom. The molecular formula is C7H7N3O6. The Morgan fingerprint density at radius 2 is 2.06 bits per heavy atom. The molecule has 0 unspecified atom stereocenters. The van der Waals surface area contributed by atoms with E-state index in [9.17, 15) is 24.5 Å². The third-order valence-corrected chi connectivity index (χ3v) is 1.58. The van der Waals surface area contributed by atoms with Crippen molar-refractivity contribution < 1.29 is 14.5 Å². The first-order chi connectivity index (χ1) is 7.47. The first-order valence-corrected chi connectivity index (χ1v) is 4.15. The number of carbonyl (C=O) groups excluding carboxylic acids is 1. The topological polar surface area (TPSA) is 135 Å². The van der Waals surface area contributed by atoms with Gasteiger partial charge < -0.3 is 4.74 Å². The zero-order chi connectivity index (χ0) is 12.3. The molecule has 0 bridgehead atoms. The van der Waals surface area contributed by atoms with E-state index in [0.29, 0.717) is 0 Å². The van der Waals surface area contributed by atoms with Crippen LogP contribution in [0.4, 0.5) is 5.69 Å². The van der Waals surface area contributed by atoms with E-state index in [0.717, 1.165) is 0 Å². The van der Waals surface area contributed by atoms with Gasteiger partial charge in [-0.3, -0.25) is 24.9 Å². The maximum atomic E-state index is 11.2. The van der Waals surface area contributed by atoms with Crippen LogP contribution in [0.3, 0.4) is 0 Å². The van der Waals surface area contributed by atoms with Gasteiger partial charge in [-0.2, -0.15) is 0 Å². The number of ether oxygens (including phenoxy) is 1. The van der Waals surface area contributed by atoms with Gasteiger partial charge in [0.05, 0.1) is 11.5 Å². The monoisotopic (exact) mass is 229 g/mol. The van der Waals surface area contributed by atoms with Gasteiger partial charge in [-0.05, 0) is 6.92 Å². The summed E-state index contributed by atoms with van der Waals surface area (Å²) >= 11 is 0. The zero-order valence-corrected chi connectivity index (χ0v) is 8.10. The van der Waals surface area contributed by atoms with Crippen molar-refractivity contribution in [1.82, 2.24) is 9.97 Å². The number of rotatable bonds is 3. The van der Waals surface area contributed by atoms with Crippen LogP contribution in [0.15, 0.2) is 9.59 Å². The average Bonchev–Trinajstić information content (AvgIpc) is 2.15. The smallest absolute Gasteiger partial charge is 0.364 e. The van der Waals surface area contributed by atoms with Crippen LogP contribution in [-0.2, 0) is 4.74 Å². The summed E-state index contributed by atoms with van der Waals surface area (Å²) in [7, 11) is 0. The molecule has 0 aliphatic rings. The van der Waals surface area contributed by atoms with Crippen molar-refractivity contribution in [1.29, 1.82) is 0 Å². The second kappa shape index (κ2) is 4.38. The molecule has 9 heteroatoms. The van der Waals surface area contributed by atoms with Crippen LogP contribution in [-0.4, -0.2) is 27.5 Å². The Hall–Kier alpha value is -2.45. The highest BCUT2D eigenvalue weighted by molar-refractivity contribution is 5.91. The Labute approximate surface area is 87.2 Å². The van der Waals surface area contributed by atoms with Crippen LogP contribution in [0.5, 0.6) is 0 Å². The lowest BCUT2D eigenvalue weighted by Gasteiger charge is -2.00. The summed E-state index contributed by atoms with van der Waals surface area (Å²) in [5.74, 6) is -1.13. The minimum absolute atomic E-state index is 0.0369. The molecule has 1 heterocycles. The molecule has 16 heavy (non-hydrogen) atoms. The highest BCUT2D eigenvalue weighted by Gasteiger charge is 2.27. The Bertz CT molecular complexity index is 542. The molecule has 0 fully saturated rings. The quantitative estimate of drug-likeness (QED) is 0.393. The predicted octanol–water partition coefficient (Wildman–Crippen LogP) is -0.852. The Morgan fingerprint density at radius 3 is 2.56 bits per heavy atom. The van der Waals surface area contributed by atoms with Gasteiger partial charge in [-0.25, -0.2) is 9.59 Å². The minimum atomic E-state index is -1.25. The number of hydrogen-bond donors (Lipinski definition) is 2. The van der Waals surface area contributed by atoms with Crippen LogP contribution >= 0.6 is 0 Å². The highest BCUT2D eigenvalue weighted by Crippen LogP contribution is 2.08. The lowest BCUT2D eigenvalue weighted by molar-refractivity contribution is -0.387. The Balaban J connectivity index is 3.47. The molecule has 0 saturated heterocycles. The molecule has 0 aliphatic heterocycles. The number of aromatic nitrogens is 2. The molecule has 86 valence electrons.